The number of nitrogens with one attached hydrogen (secondary N) is 1. The van der Waals surface area contributed by atoms with E-state index in [0.717, 1.165) is 25.7 Å². The molecule has 1 fully saturated rings. The van der Waals surface area contributed by atoms with E-state index in [-0.39, 0.29) is 10.9 Å². The van der Waals surface area contributed by atoms with Gasteiger partial charge in [-0.2, -0.15) is 0 Å². The first kappa shape index (κ1) is 15.5. The van der Waals surface area contributed by atoms with Crippen LogP contribution < -0.4 is 4.72 Å². The van der Waals surface area contributed by atoms with E-state index in [1.807, 2.05) is 6.92 Å². The summed E-state index contributed by atoms with van der Waals surface area (Å²) in [5.41, 5.74) is 0.652. The molecule has 1 aromatic carbocycles. The number of rotatable bonds is 5. The number of hydrogen-bond acceptors (Lipinski definition) is 3. The largest absolute Gasteiger partial charge is 0.388 e. The van der Waals surface area contributed by atoms with E-state index >= 15 is 0 Å². The van der Waals surface area contributed by atoms with Crippen molar-refractivity contribution in [3.05, 3.63) is 29.8 Å². The first-order valence-corrected chi connectivity index (χ1v) is 8.81. The Hall–Kier alpha value is -0.910. The molecule has 0 bridgehead atoms. The minimum Gasteiger partial charge on any atom is -0.388 e. The van der Waals surface area contributed by atoms with Gasteiger partial charge in [0, 0.05) is 6.04 Å². The zero-order valence-electron chi connectivity index (χ0n) is 11.9. The van der Waals surface area contributed by atoms with E-state index in [0.29, 0.717) is 12.0 Å². The molecule has 1 aliphatic carbocycles. The Morgan fingerprint density at radius 1 is 1.30 bits per heavy atom. The van der Waals surface area contributed by atoms with Gasteiger partial charge in [-0.15, -0.1) is 0 Å². The van der Waals surface area contributed by atoms with Gasteiger partial charge in [-0.3, -0.25) is 0 Å². The van der Waals surface area contributed by atoms with Crippen molar-refractivity contribution in [3.8, 4) is 0 Å². The van der Waals surface area contributed by atoms with Crippen LogP contribution in [0.25, 0.3) is 0 Å². The topological polar surface area (TPSA) is 66.4 Å². The molecule has 0 radical (unpaired) electrons. The summed E-state index contributed by atoms with van der Waals surface area (Å²) in [4.78, 5) is 0.244. The molecule has 4 nitrogen and oxygen atoms in total. The highest BCUT2D eigenvalue weighted by molar-refractivity contribution is 7.89. The number of aliphatic hydroxyl groups excluding tert-OH is 1. The van der Waals surface area contributed by atoms with Gasteiger partial charge in [0.05, 0.1) is 11.0 Å². The van der Waals surface area contributed by atoms with Crippen LogP contribution in [0.2, 0.25) is 0 Å². The van der Waals surface area contributed by atoms with Crippen molar-refractivity contribution in [2.45, 2.75) is 62.5 Å². The highest BCUT2D eigenvalue weighted by Gasteiger charge is 2.22. The molecular formula is C15H23NO3S. The van der Waals surface area contributed by atoms with Crippen LogP contribution in [0.5, 0.6) is 0 Å². The minimum absolute atomic E-state index is 0.0495. The van der Waals surface area contributed by atoms with Crippen molar-refractivity contribution < 1.29 is 13.5 Å². The maximum Gasteiger partial charge on any atom is 0.240 e. The molecular weight excluding hydrogens is 274 g/mol. The SMILES string of the molecule is CCC(O)c1cccc(S(=O)(=O)NC2CCCCC2)c1. The van der Waals surface area contributed by atoms with Crippen LogP contribution in [0.3, 0.4) is 0 Å². The van der Waals surface area contributed by atoms with E-state index in [2.05, 4.69) is 4.72 Å². The van der Waals surface area contributed by atoms with Crippen LogP contribution in [0.15, 0.2) is 29.2 Å². The predicted molar refractivity (Wildman–Crippen MR) is 78.9 cm³/mol. The molecule has 0 spiro atoms. The fraction of sp³-hybridized carbons (Fsp3) is 0.600. The lowest BCUT2D eigenvalue weighted by atomic mass is 9.96. The van der Waals surface area contributed by atoms with Gasteiger partial charge in [0.25, 0.3) is 0 Å². The lowest BCUT2D eigenvalue weighted by Gasteiger charge is -2.22. The Morgan fingerprint density at radius 3 is 2.65 bits per heavy atom. The highest BCUT2D eigenvalue weighted by atomic mass is 32.2. The molecule has 2 rings (SSSR count). The van der Waals surface area contributed by atoms with E-state index in [9.17, 15) is 13.5 Å². The van der Waals surface area contributed by atoms with Gasteiger partial charge in [-0.05, 0) is 37.0 Å². The van der Waals surface area contributed by atoms with Gasteiger partial charge in [-0.25, -0.2) is 13.1 Å². The van der Waals surface area contributed by atoms with Crippen LogP contribution >= 0.6 is 0 Å². The minimum atomic E-state index is -3.49. The maximum atomic E-state index is 12.4. The monoisotopic (exact) mass is 297 g/mol. The quantitative estimate of drug-likeness (QED) is 0.878. The molecule has 2 N–H and O–H groups in total. The van der Waals surface area contributed by atoms with Crippen LogP contribution in [0.4, 0.5) is 0 Å². The lowest BCUT2D eigenvalue weighted by Crippen LogP contribution is -2.36. The molecule has 1 unspecified atom stereocenters. The average Bonchev–Trinajstić information content (AvgIpc) is 2.47. The van der Waals surface area contributed by atoms with Crippen molar-refractivity contribution in [1.29, 1.82) is 0 Å². The molecule has 0 amide bonds. The molecule has 1 saturated carbocycles. The van der Waals surface area contributed by atoms with E-state index in [1.165, 1.54) is 6.42 Å². The summed E-state index contributed by atoms with van der Waals surface area (Å²) in [5, 5.41) is 9.83. The summed E-state index contributed by atoms with van der Waals surface area (Å²) < 4.78 is 27.5. The van der Waals surface area contributed by atoms with Gasteiger partial charge in [-0.1, -0.05) is 38.3 Å². The summed E-state index contributed by atoms with van der Waals surface area (Å²) in [6.45, 7) is 1.87. The molecule has 112 valence electrons. The van der Waals surface area contributed by atoms with Crippen LogP contribution in [-0.2, 0) is 10.0 Å². The first-order chi connectivity index (χ1) is 9.53. The molecule has 0 aliphatic heterocycles. The molecule has 20 heavy (non-hydrogen) atoms. The van der Waals surface area contributed by atoms with Crippen molar-refractivity contribution in [2.24, 2.45) is 0 Å². The second kappa shape index (κ2) is 6.70. The third-order valence-corrected chi connectivity index (χ3v) is 5.39. The molecule has 0 aromatic heterocycles. The molecule has 1 aliphatic rings. The van der Waals surface area contributed by atoms with Gasteiger partial charge < -0.3 is 5.11 Å². The van der Waals surface area contributed by atoms with Gasteiger partial charge >= 0.3 is 0 Å². The van der Waals surface area contributed by atoms with Gasteiger partial charge in [0.15, 0.2) is 0 Å². The second-order valence-electron chi connectivity index (χ2n) is 5.45. The zero-order valence-corrected chi connectivity index (χ0v) is 12.7. The number of hydrogen-bond donors (Lipinski definition) is 2. The Labute approximate surface area is 121 Å². The zero-order chi connectivity index (χ0) is 14.6. The Bertz CT molecular complexity index is 536. The summed E-state index contributed by atoms with van der Waals surface area (Å²) in [7, 11) is -3.49. The average molecular weight is 297 g/mol. The van der Waals surface area contributed by atoms with E-state index in [4.69, 9.17) is 0 Å². The maximum absolute atomic E-state index is 12.4. The fourth-order valence-corrected chi connectivity index (χ4v) is 3.99. The highest BCUT2D eigenvalue weighted by Crippen LogP contribution is 2.22. The molecule has 1 atom stereocenters. The molecule has 0 heterocycles. The van der Waals surface area contributed by atoms with Gasteiger partial charge in [0.2, 0.25) is 10.0 Å². The van der Waals surface area contributed by atoms with Gasteiger partial charge in [0.1, 0.15) is 0 Å². The van der Waals surface area contributed by atoms with Crippen molar-refractivity contribution >= 4 is 10.0 Å². The van der Waals surface area contributed by atoms with Crippen molar-refractivity contribution in [2.75, 3.05) is 0 Å². The summed E-state index contributed by atoms with van der Waals surface area (Å²) >= 11 is 0. The standard InChI is InChI=1S/C15H23NO3S/c1-2-15(17)12-7-6-10-14(11-12)20(18,19)16-13-8-4-3-5-9-13/h6-7,10-11,13,15-17H,2-5,8-9H2,1H3. The Kier molecular flexibility index (Phi) is 5.18. The molecule has 1 aromatic rings. The van der Waals surface area contributed by atoms with Crippen LogP contribution in [-0.4, -0.2) is 19.6 Å². The Morgan fingerprint density at radius 2 is 2.00 bits per heavy atom. The third kappa shape index (κ3) is 3.81. The lowest BCUT2D eigenvalue weighted by molar-refractivity contribution is 0.173. The Balaban J connectivity index is 2.16. The summed E-state index contributed by atoms with van der Waals surface area (Å²) in [5.74, 6) is 0. The van der Waals surface area contributed by atoms with E-state index in [1.54, 1.807) is 24.3 Å². The van der Waals surface area contributed by atoms with E-state index < -0.39 is 16.1 Å². The number of sulfonamides is 1. The van der Waals surface area contributed by atoms with Crippen molar-refractivity contribution in [3.63, 3.8) is 0 Å². The smallest absolute Gasteiger partial charge is 0.240 e. The fourth-order valence-electron chi connectivity index (χ4n) is 2.63. The summed E-state index contributed by atoms with van der Waals surface area (Å²) in [6, 6.07) is 6.64. The second-order valence-corrected chi connectivity index (χ2v) is 7.17. The van der Waals surface area contributed by atoms with Crippen molar-refractivity contribution in [1.82, 2.24) is 4.72 Å². The van der Waals surface area contributed by atoms with Crippen LogP contribution in [0, 0.1) is 0 Å². The first-order valence-electron chi connectivity index (χ1n) is 7.33. The number of aliphatic hydroxyl groups is 1. The predicted octanol–water partition coefficient (Wildman–Crippen LogP) is 2.74. The number of benzene rings is 1. The van der Waals surface area contributed by atoms with Crippen LogP contribution in [0.1, 0.15) is 57.1 Å². The third-order valence-electron chi connectivity index (χ3n) is 3.87. The summed E-state index contributed by atoms with van der Waals surface area (Å²) in [6.07, 6.45) is 5.15. The molecule has 0 saturated heterocycles. The normalized spacial score (nSPS) is 18.9. The molecule has 5 heteroatoms.